The molecule has 2 N–H and O–H groups in total. The molecule has 0 aromatic heterocycles. The maximum Gasteiger partial charge on any atom is 0.354 e. The van der Waals surface area contributed by atoms with Gasteiger partial charge in [0.2, 0.25) is 0 Å². The van der Waals surface area contributed by atoms with Crippen molar-refractivity contribution in [3.63, 3.8) is 0 Å². The Hall–Kier alpha value is 0.0969. The first-order valence-corrected chi connectivity index (χ1v) is 7.20. The van der Waals surface area contributed by atoms with Gasteiger partial charge in [-0.05, 0) is 19.4 Å². The fourth-order valence-electron chi connectivity index (χ4n) is 1.66. The highest BCUT2D eigenvalue weighted by atomic mass is 28.4. The van der Waals surface area contributed by atoms with Crippen molar-refractivity contribution in [1.82, 2.24) is 0 Å². The lowest BCUT2D eigenvalue weighted by atomic mass is 10.1. The number of hydrogen-bond acceptors (Lipinski definition) is 3. The summed E-state index contributed by atoms with van der Waals surface area (Å²) >= 11 is 0. The molecule has 4 heteroatoms. The van der Waals surface area contributed by atoms with Crippen LogP contribution in [0.25, 0.3) is 0 Å². The van der Waals surface area contributed by atoms with Gasteiger partial charge in [-0.3, -0.25) is 0 Å². The summed E-state index contributed by atoms with van der Waals surface area (Å²) in [6.45, 7) is 6.27. The molecule has 0 rings (SSSR count). The molecular formula is C9H23NO2Si. The molecule has 0 aromatic carbocycles. The number of rotatable bonds is 6. The Kier molecular flexibility index (Phi) is 5.13. The van der Waals surface area contributed by atoms with Crippen LogP contribution in [0.2, 0.25) is 6.55 Å². The molecule has 3 nitrogen and oxygen atoms in total. The van der Waals surface area contributed by atoms with Gasteiger partial charge < -0.3 is 14.6 Å². The molecule has 0 bridgehead atoms. The van der Waals surface area contributed by atoms with E-state index < -0.39 is 8.56 Å². The Balaban J connectivity index is 4.68. The molecule has 0 heterocycles. The van der Waals surface area contributed by atoms with Crippen LogP contribution in [0.3, 0.4) is 0 Å². The summed E-state index contributed by atoms with van der Waals surface area (Å²) in [6, 6.07) is 0. The monoisotopic (exact) mass is 205 g/mol. The van der Waals surface area contributed by atoms with Crippen molar-refractivity contribution in [2.24, 2.45) is 5.73 Å². The normalized spacial score (nSPS) is 17.1. The highest BCUT2D eigenvalue weighted by Gasteiger charge is 2.48. The van der Waals surface area contributed by atoms with Crippen molar-refractivity contribution in [2.75, 3.05) is 14.2 Å². The lowest BCUT2D eigenvalue weighted by Gasteiger charge is -2.40. The second-order valence-corrected chi connectivity index (χ2v) is 7.32. The Labute approximate surface area is 82.9 Å². The molecule has 0 amide bonds. The molecule has 13 heavy (non-hydrogen) atoms. The minimum atomic E-state index is -2.19. The molecule has 0 radical (unpaired) electrons. The molecule has 0 saturated heterocycles. The molecule has 0 aliphatic heterocycles. The smallest absolute Gasteiger partial charge is 0.354 e. The van der Waals surface area contributed by atoms with E-state index in [1.165, 1.54) is 0 Å². The lowest BCUT2D eigenvalue weighted by molar-refractivity contribution is 0.204. The van der Waals surface area contributed by atoms with E-state index in [1.54, 1.807) is 14.2 Å². The third-order valence-corrected chi connectivity index (χ3v) is 6.98. The zero-order valence-corrected chi connectivity index (χ0v) is 10.5. The van der Waals surface area contributed by atoms with Crippen LogP contribution in [0.4, 0.5) is 0 Å². The fraction of sp³-hybridized carbons (Fsp3) is 1.00. The van der Waals surface area contributed by atoms with Gasteiger partial charge in [-0.1, -0.05) is 20.3 Å². The molecular weight excluding hydrogens is 182 g/mol. The zero-order valence-electron chi connectivity index (χ0n) is 9.52. The second-order valence-electron chi connectivity index (χ2n) is 3.61. The summed E-state index contributed by atoms with van der Waals surface area (Å²) in [4.78, 5) is 0. The van der Waals surface area contributed by atoms with Crippen LogP contribution in [0.1, 0.15) is 33.1 Å². The summed E-state index contributed by atoms with van der Waals surface area (Å²) in [5.41, 5.74) is 6.32. The molecule has 0 fully saturated rings. The SMILES string of the molecule is CCCC(N)(CC)[Si](C)(OC)OC. The minimum Gasteiger partial charge on any atom is -0.397 e. The van der Waals surface area contributed by atoms with E-state index in [0.717, 1.165) is 19.3 Å². The van der Waals surface area contributed by atoms with Gasteiger partial charge in [0.05, 0.1) is 5.16 Å². The Bertz CT molecular complexity index is 151. The van der Waals surface area contributed by atoms with E-state index in [4.69, 9.17) is 14.6 Å². The van der Waals surface area contributed by atoms with Crippen molar-refractivity contribution in [1.29, 1.82) is 0 Å². The van der Waals surface area contributed by atoms with Gasteiger partial charge in [0, 0.05) is 14.2 Å². The minimum absolute atomic E-state index is 0.259. The standard InChI is InChI=1S/C9H23NO2Si/c1-6-8-9(10,7-2)13(5,11-3)12-4/h6-8,10H2,1-5H3. The molecule has 0 spiro atoms. The van der Waals surface area contributed by atoms with Gasteiger partial charge in [0.1, 0.15) is 0 Å². The van der Waals surface area contributed by atoms with E-state index >= 15 is 0 Å². The molecule has 0 aromatic rings. The zero-order chi connectivity index (χ0) is 10.5. The van der Waals surface area contributed by atoms with Crippen LogP contribution in [0.5, 0.6) is 0 Å². The molecule has 0 aliphatic rings. The summed E-state index contributed by atoms with van der Waals surface area (Å²) in [5, 5.41) is -0.259. The van der Waals surface area contributed by atoms with Crippen molar-refractivity contribution < 1.29 is 8.85 Å². The summed E-state index contributed by atoms with van der Waals surface area (Å²) in [5.74, 6) is 0. The van der Waals surface area contributed by atoms with Crippen molar-refractivity contribution in [3.05, 3.63) is 0 Å². The number of hydrogen-bond donors (Lipinski definition) is 1. The second kappa shape index (κ2) is 5.10. The van der Waals surface area contributed by atoms with E-state index in [1.807, 2.05) is 6.55 Å². The molecule has 1 atom stereocenters. The van der Waals surface area contributed by atoms with Gasteiger partial charge in [-0.2, -0.15) is 0 Å². The quantitative estimate of drug-likeness (QED) is 0.673. The van der Waals surface area contributed by atoms with Crippen LogP contribution in [0.15, 0.2) is 0 Å². The fourth-order valence-corrected chi connectivity index (χ4v) is 3.99. The third kappa shape index (κ3) is 2.53. The van der Waals surface area contributed by atoms with E-state index in [0.29, 0.717) is 0 Å². The van der Waals surface area contributed by atoms with Crippen molar-refractivity contribution in [3.8, 4) is 0 Å². The van der Waals surface area contributed by atoms with Crippen molar-refractivity contribution >= 4 is 8.56 Å². The van der Waals surface area contributed by atoms with E-state index in [9.17, 15) is 0 Å². The van der Waals surface area contributed by atoms with E-state index in [2.05, 4.69) is 13.8 Å². The highest BCUT2D eigenvalue weighted by Crippen LogP contribution is 2.27. The largest absolute Gasteiger partial charge is 0.397 e. The maximum absolute atomic E-state index is 6.32. The summed E-state index contributed by atoms with van der Waals surface area (Å²) in [7, 11) is 1.20. The highest BCUT2D eigenvalue weighted by molar-refractivity contribution is 6.69. The lowest BCUT2D eigenvalue weighted by Crippen LogP contribution is -2.65. The van der Waals surface area contributed by atoms with Crippen molar-refractivity contribution in [2.45, 2.75) is 44.8 Å². The van der Waals surface area contributed by atoms with E-state index in [-0.39, 0.29) is 5.16 Å². The predicted molar refractivity (Wildman–Crippen MR) is 57.8 cm³/mol. The molecule has 0 aliphatic carbocycles. The Morgan fingerprint density at radius 1 is 1.23 bits per heavy atom. The topological polar surface area (TPSA) is 44.5 Å². The average Bonchev–Trinajstić information content (AvgIpc) is 2.16. The number of nitrogens with two attached hydrogens (primary N) is 1. The first-order valence-electron chi connectivity index (χ1n) is 4.88. The maximum atomic E-state index is 6.32. The predicted octanol–water partition coefficient (Wildman–Crippen LogP) is 1.80. The Morgan fingerprint density at radius 3 is 1.92 bits per heavy atom. The Morgan fingerprint density at radius 2 is 1.69 bits per heavy atom. The molecule has 0 saturated carbocycles. The van der Waals surface area contributed by atoms with Gasteiger partial charge in [0.15, 0.2) is 0 Å². The molecule has 80 valence electrons. The first-order chi connectivity index (χ1) is 5.99. The molecule has 1 unspecified atom stereocenters. The average molecular weight is 205 g/mol. The summed E-state index contributed by atoms with van der Waals surface area (Å²) in [6.07, 6.45) is 2.94. The summed E-state index contributed by atoms with van der Waals surface area (Å²) < 4.78 is 11.0. The van der Waals surface area contributed by atoms with Gasteiger partial charge in [-0.15, -0.1) is 0 Å². The van der Waals surface area contributed by atoms with Crippen LogP contribution >= 0.6 is 0 Å². The third-order valence-electron chi connectivity index (χ3n) is 3.01. The first kappa shape index (κ1) is 13.1. The van der Waals surface area contributed by atoms with Gasteiger partial charge in [-0.25, -0.2) is 0 Å². The van der Waals surface area contributed by atoms with Crippen LogP contribution in [0, 0.1) is 0 Å². The van der Waals surface area contributed by atoms with Crippen LogP contribution in [-0.4, -0.2) is 27.9 Å². The van der Waals surface area contributed by atoms with Gasteiger partial charge in [0.25, 0.3) is 0 Å². The van der Waals surface area contributed by atoms with Gasteiger partial charge >= 0.3 is 8.56 Å². The van der Waals surface area contributed by atoms with Crippen LogP contribution < -0.4 is 5.73 Å². The van der Waals surface area contributed by atoms with Crippen LogP contribution in [-0.2, 0) is 8.85 Å².